The maximum Gasteiger partial charge on any atom is 0.318 e. The summed E-state index contributed by atoms with van der Waals surface area (Å²) in [5.74, 6) is -0.117. The second-order valence-corrected chi connectivity index (χ2v) is 6.59. The van der Waals surface area contributed by atoms with E-state index in [0.29, 0.717) is 19.6 Å². The van der Waals surface area contributed by atoms with Crippen LogP contribution in [-0.2, 0) is 24.2 Å². The van der Waals surface area contributed by atoms with Crippen LogP contribution in [-0.4, -0.2) is 41.5 Å². The summed E-state index contributed by atoms with van der Waals surface area (Å²) in [4.78, 5) is 29.4. The molecule has 0 radical (unpaired) electrons. The summed E-state index contributed by atoms with van der Waals surface area (Å²) in [6.45, 7) is 1.55. The molecular formula is C17H20N4O2S. The Kier molecular flexibility index (Phi) is 5.43. The van der Waals surface area contributed by atoms with Crippen molar-refractivity contribution in [1.82, 2.24) is 20.5 Å². The molecule has 1 aliphatic rings. The number of nitrogens with zero attached hydrogens (tertiary/aromatic N) is 2. The fraction of sp³-hybridized carbons (Fsp3) is 0.353. The molecule has 0 aliphatic carbocycles. The third-order valence-electron chi connectivity index (χ3n) is 3.82. The van der Waals surface area contributed by atoms with Crippen molar-refractivity contribution in [3.63, 3.8) is 0 Å². The van der Waals surface area contributed by atoms with E-state index in [9.17, 15) is 9.59 Å². The van der Waals surface area contributed by atoms with E-state index in [-0.39, 0.29) is 18.5 Å². The van der Waals surface area contributed by atoms with Gasteiger partial charge < -0.3 is 15.5 Å². The molecule has 0 unspecified atom stereocenters. The molecule has 6 nitrogen and oxygen atoms in total. The van der Waals surface area contributed by atoms with E-state index in [1.54, 1.807) is 11.3 Å². The Morgan fingerprint density at radius 3 is 2.92 bits per heavy atom. The van der Waals surface area contributed by atoms with Crippen molar-refractivity contribution >= 4 is 23.3 Å². The largest absolute Gasteiger partial charge is 0.353 e. The smallest absolute Gasteiger partial charge is 0.318 e. The lowest BCUT2D eigenvalue weighted by Crippen LogP contribution is -2.52. The first-order chi connectivity index (χ1) is 11.7. The zero-order chi connectivity index (χ0) is 16.8. The third kappa shape index (κ3) is 4.55. The minimum atomic E-state index is -0.219. The van der Waals surface area contributed by atoms with Crippen LogP contribution in [0.1, 0.15) is 16.3 Å². The van der Waals surface area contributed by atoms with Crippen LogP contribution in [0.25, 0.3) is 0 Å². The molecule has 1 aromatic heterocycles. The number of benzene rings is 1. The monoisotopic (exact) mass is 344 g/mol. The van der Waals surface area contributed by atoms with E-state index in [2.05, 4.69) is 27.8 Å². The van der Waals surface area contributed by atoms with Gasteiger partial charge in [-0.25, -0.2) is 9.78 Å². The van der Waals surface area contributed by atoms with Gasteiger partial charge in [-0.1, -0.05) is 30.3 Å². The molecule has 0 bridgehead atoms. The number of piperazine rings is 1. The van der Waals surface area contributed by atoms with Gasteiger partial charge in [-0.15, -0.1) is 11.3 Å². The van der Waals surface area contributed by atoms with Gasteiger partial charge in [0.15, 0.2) is 0 Å². The van der Waals surface area contributed by atoms with Gasteiger partial charge in [-0.3, -0.25) is 4.79 Å². The standard InChI is InChI=1S/C17H20N4O2S/c22-15-11-21(9-8-18-15)17(23)19-10-14-12-24-16(20-14)7-6-13-4-2-1-3-5-13/h1-5,12H,6-11H2,(H,18,22)(H,19,23). The Morgan fingerprint density at radius 1 is 1.29 bits per heavy atom. The number of carbonyl (C=O) groups is 2. The SMILES string of the molecule is O=C1CN(C(=O)NCc2csc(CCc3ccccc3)n2)CCN1. The molecule has 3 amide bonds. The average molecular weight is 344 g/mol. The zero-order valence-corrected chi connectivity index (χ0v) is 14.1. The Bertz CT molecular complexity index is 702. The maximum absolute atomic E-state index is 12.0. The molecule has 1 saturated heterocycles. The van der Waals surface area contributed by atoms with Crippen LogP contribution >= 0.6 is 11.3 Å². The summed E-state index contributed by atoms with van der Waals surface area (Å²) < 4.78 is 0. The van der Waals surface area contributed by atoms with Gasteiger partial charge in [0.1, 0.15) is 6.54 Å². The first-order valence-corrected chi connectivity index (χ1v) is 8.85. The number of rotatable bonds is 5. The molecule has 0 atom stereocenters. The van der Waals surface area contributed by atoms with Gasteiger partial charge in [-0.05, 0) is 12.0 Å². The molecule has 2 aromatic rings. The molecule has 2 N–H and O–H groups in total. The Labute approximate surface area is 144 Å². The van der Waals surface area contributed by atoms with Gasteiger partial charge in [0.2, 0.25) is 5.91 Å². The van der Waals surface area contributed by atoms with Gasteiger partial charge in [-0.2, -0.15) is 0 Å². The molecule has 126 valence electrons. The third-order valence-corrected chi connectivity index (χ3v) is 4.77. The first-order valence-electron chi connectivity index (χ1n) is 7.97. The summed E-state index contributed by atoms with van der Waals surface area (Å²) in [6, 6.07) is 10.1. The van der Waals surface area contributed by atoms with Gasteiger partial charge >= 0.3 is 6.03 Å². The van der Waals surface area contributed by atoms with Crippen molar-refractivity contribution in [2.75, 3.05) is 19.6 Å². The fourth-order valence-electron chi connectivity index (χ4n) is 2.53. The van der Waals surface area contributed by atoms with Crippen LogP contribution in [0.3, 0.4) is 0 Å². The molecule has 1 fully saturated rings. The highest BCUT2D eigenvalue weighted by atomic mass is 32.1. The molecule has 1 aromatic carbocycles. The van der Waals surface area contributed by atoms with Crippen LogP contribution < -0.4 is 10.6 Å². The average Bonchev–Trinajstić information content (AvgIpc) is 3.07. The van der Waals surface area contributed by atoms with E-state index in [1.807, 2.05) is 23.6 Å². The molecule has 1 aliphatic heterocycles. The van der Waals surface area contributed by atoms with E-state index in [1.165, 1.54) is 10.5 Å². The summed E-state index contributed by atoms with van der Waals surface area (Å²) >= 11 is 1.62. The van der Waals surface area contributed by atoms with Crippen LogP contribution in [0.2, 0.25) is 0 Å². The number of carbonyl (C=O) groups excluding carboxylic acids is 2. The van der Waals surface area contributed by atoms with Crippen molar-refractivity contribution in [3.05, 3.63) is 52.0 Å². The van der Waals surface area contributed by atoms with E-state index in [4.69, 9.17) is 0 Å². The second-order valence-electron chi connectivity index (χ2n) is 5.65. The van der Waals surface area contributed by atoms with Crippen LogP contribution in [0, 0.1) is 0 Å². The highest BCUT2D eigenvalue weighted by Gasteiger charge is 2.20. The lowest BCUT2D eigenvalue weighted by atomic mass is 10.1. The number of amides is 3. The summed E-state index contributed by atoms with van der Waals surface area (Å²) in [6.07, 6.45) is 1.86. The van der Waals surface area contributed by atoms with Gasteiger partial charge in [0.05, 0.1) is 17.2 Å². The highest BCUT2D eigenvalue weighted by molar-refractivity contribution is 7.09. The fourth-order valence-corrected chi connectivity index (χ4v) is 3.33. The van der Waals surface area contributed by atoms with E-state index in [0.717, 1.165) is 23.5 Å². The quantitative estimate of drug-likeness (QED) is 0.865. The highest BCUT2D eigenvalue weighted by Crippen LogP contribution is 2.13. The molecule has 3 rings (SSSR count). The molecule has 0 spiro atoms. The molecule has 7 heteroatoms. The van der Waals surface area contributed by atoms with E-state index >= 15 is 0 Å². The van der Waals surface area contributed by atoms with Crippen LogP contribution in [0.5, 0.6) is 0 Å². The van der Waals surface area contributed by atoms with Crippen molar-refractivity contribution < 1.29 is 9.59 Å². The van der Waals surface area contributed by atoms with Gasteiger partial charge in [0.25, 0.3) is 0 Å². The van der Waals surface area contributed by atoms with Crippen molar-refractivity contribution in [2.24, 2.45) is 0 Å². The predicted molar refractivity (Wildman–Crippen MR) is 92.8 cm³/mol. The van der Waals surface area contributed by atoms with Gasteiger partial charge in [0, 0.05) is 24.9 Å². The van der Waals surface area contributed by atoms with Crippen molar-refractivity contribution in [1.29, 1.82) is 0 Å². The number of hydrogen-bond donors (Lipinski definition) is 2. The Hall–Kier alpha value is -2.41. The minimum Gasteiger partial charge on any atom is -0.353 e. The topological polar surface area (TPSA) is 74.3 Å². The van der Waals surface area contributed by atoms with E-state index < -0.39 is 0 Å². The lowest BCUT2D eigenvalue weighted by molar-refractivity contribution is -0.123. The Morgan fingerprint density at radius 2 is 2.12 bits per heavy atom. The number of aromatic nitrogens is 1. The molecule has 0 saturated carbocycles. The van der Waals surface area contributed by atoms with Crippen molar-refractivity contribution in [2.45, 2.75) is 19.4 Å². The molecular weight excluding hydrogens is 324 g/mol. The minimum absolute atomic E-state index is 0.116. The number of hydrogen-bond acceptors (Lipinski definition) is 4. The predicted octanol–water partition coefficient (Wildman–Crippen LogP) is 1.57. The summed E-state index contributed by atoms with van der Waals surface area (Å²) in [5, 5.41) is 8.57. The summed E-state index contributed by atoms with van der Waals surface area (Å²) in [5.41, 5.74) is 2.16. The summed E-state index contributed by atoms with van der Waals surface area (Å²) in [7, 11) is 0. The first kappa shape index (κ1) is 16.4. The zero-order valence-electron chi connectivity index (χ0n) is 13.3. The normalized spacial score (nSPS) is 14.3. The molecule has 2 heterocycles. The maximum atomic E-state index is 12.0. The second kappa shape index (κ2) is 7.92. The van der Waals surface area contributed by atoms with Crippen LogP contribution in [0.4, 0.5) is 4.79 Å². The number of urea groups is 1. The molecule has 24 heavy (non-hydrogen) atoms. The van der Waals surface area contributed by atoms with Crippen LogP contribution in [0.15, 0.2) is 35.7 Å². The number of aryl methyl sites for hydroxylation is 2. The Balaban J connectivity index is 1.45. The lowest BCUT2D eigenvalue weighted by Gasteiger charge is -2.26. The number of thiazole rings is 1. The van der Waals surface area contributed by atoms with Crippen molar-refractivity contribution in [3.8, 4) is 0 Å². The number of nitrogens with one attached hydrogen (secondary N) is 2.